The van der Waals surface area contributed by atoms with E-state index in [1.807, 2.05) is 13.8 Å². The lowest BCUT2D eigenvalue weighted by Gasteiger charge is -2.43. The molecule has 2 fully saturated rings. The zero-order valence-electron chi connectivity index (χ0n) is 12.3. The van der Waals surface area contributed by atoms with Gasteiger partial charge in [-0.25, -0.2) is 0 Å². The average molecular weight is 268 g/mol. The van der Waals surface area contributed by atoms with Gasteiger partial charge in [0.1, 0.15) is 0 Å². The maximum absolute atomic E-state index is 12.1. The fraction of sp³-hybridized carbons (Fsp3) is 0.933. The molecule has 1 aliphatic carbocycles. The second-order valence-electron chi connectivity index (χ2n) is 6.03. The molecule has 0 aromatic rings. The van der Waals surface area contributed by atoms with Crippen LogP contribution in [0.5, 0.6) is 0 Å². The molecule has 0 aromatic heterocycles. The first-order valence-corrected chi connectivity index (χ1v) is 7.86. The first-order chi connectivity index (χ1) is 9.15. The van der Waals surface area contributed by atoms with Gasteiger partial charge in [-0.2, -0.15) is 0 Å². The Balaban J connectivity index is 2.04. The quantitative estimate of drug-likeness (QED) is 0.813. The molecule has 1 aliphatic heterocycles. The summed E-state index contributed by atoms with van der Waals surface area (Å²) >= 11 is 0. The molecule has 4 atom stereocenters. The van der Waals surface area contributed by atoms with E-state index in [0.717, 1.165) is 32.2 Å². The Hall–Kier alpha value is -0.610. The Kier molecular flexibility index (Phi) is 5.22. The summed E-state index contributed by atoms with van der Waals surface area (Å²) in [5, 5.41) is 13.1. The second kappa shape index (κ2) is 6.71. The summed E-state index contributed by atoms with van der Waals surface area (Å²) in [6, 6.07) is 0.321. The van der Waals surface area contributed by atoms with Crippen LogP contribution in [0.15, 0.2) is 0 Å². The highest BCUT2D eigenvalue weighted by atomic mass is 16.3. The van der Waals surface area contributed by atoms with Crippen LogP contribution < -0.4 is 5.32 Å². The van der Waals surface area contributed by atoms with E-state index in [0.29, 0.717) is 18.5 Å². The van der Waals surface area contributed by atoms with Gasteiger partial charge in [0.15, 0.2) is 0 Å². The summed E-state index contributed by atoms with van der Waals surface area (Å²) in [6.07, 6.45) is 6.55. The third-order valence-corrected chi connectivity index (χ3v) is 4.85. The van der Waals surface area contributed by atoms with E-state index in [1.165, 1.54) is 12.8 Å². The Morgan fingerprint density at radius 2 is 2.11 bits per heavy atom. The van der Waals surface area contributed by atoms with Gasteiger partial charge in [0.2, 0.25) is 5.91 Å². The minimum Gasteiger partial charge on any atom is -0.393 e. The Bertz CT molecular complexity index is 309. The molecule has 0 radical (unpaired) electrons. The summed E-state index contributed by atoms with van der Waals surface area (Å²) in [5.41, 5.74) is 0. The lowest BCUT2D eigenvalue weighted by Crippen LogP contribution is -2.55. The van der Waals surface area contributed by atoms with Crippen LogP contribution in [0.2, 0.25) is 0 Å². The van der Waals surface area contributed by atoms with Crippen molar-refractivity contribution in [2.45, 2.75) is 70.6 Å². The third-order valence-electron chi connectivity index (χ3n) is 4.85. The van der Waals surface area contributed by atoms with Crippen molar-refractivity contribution in [3.63, 3.8) is 0 Å². The number of aliphatic hydroxyl groups is 1. The monoisotopic (exact) mass is 268 g/mol. The van der Waals surface area contributed by atoms with Gasteiger partial charge < -0.3 is 10.4 Å². The fourth-order valence-corrected chi connectivity index (χ4v) is 3.81. The number of aliphatic hydroxyl groups excluding tert-OH is 1. The summed E-state index contributed by atoms with van der Waals surface area (Å²) in [7, 11) is 0. The van der Waals surface area contributed by atoms with Crippen LogP contribution in [0.3, 0.4) is 0 Å². The van der Waals surface area contributed by atoms with Crippen molar-refractivity contribution in [3.05, 3.63) is 0 Å². The van der Waals surface area contributed by atoms with E-state index >= 15 is 0 Å². The summed E-state index contributed by atoms with van der Waals surface area (Å²) < 4.78 is 0. The molecule has 4 nitrogen and oxygen atoms in total. The molecule has 0 spiro atoms. The number of amides is 1. The molecule has 1 saturated carbocycles. The molecule has 2 N–H and O–H groups in total. The normalized spacial score (nSPS) is 34.2. The van der Waals surface area contributed by atoms with E-state index in [2.05, 4.69) is 10.2 Å². The maximum atomic E-state index is 12.1. The predicted molar refractivity (Wildman–Crippen MR) is 75.8 cm³/mol. The largest absolute Gasteiger partial charge is 0.393 e. The maximum Gasteiger partial charge on any atom is 0.237 e. The first kappa shape index (κ1) is 14.8. The number of carbonyl (C=O) groups is 1. The molecule has 19 heavy (non-hydrogen) atoms. The molecule has 2 aliphatic rings. The molecule has 110 valence electrons. The molecule has 4 heteroatoms. The molecular formula is C15H28N2O2. The molecule has 1 heterocycles. The second-order valence-corrected chi connectivity index (χ2v) is 6.03. The van der Waals surface area contributed by atoms with Gasteiger partial charge >= 0.3 is 0 Å². The van der Waals surface area contributed by atoms with Crippen molar-refractivity contribution in [3.8, 4) is 0 Å². The number of rotatable bonds is 4. The highest BCUT2D eigenvalue weighted by Gasteiger charge is 2.39. The van der Waals surface area contributed by atoms with Gasteiger partial charge in [-0.1, -0.05) is 12.8 Å². The van der Waals surface area contributed by atoms with Gasteiger partial charge in [0.25, 0.3) is 0 Å². The molecule has 4 unspecified atom stereocenters. The summed E-state index contributed by atoms with van der Waals surface area (Å²) in [5.74, 6) is 0.499. The van der Waals surface area contributed by atoms with Gasteiger partial charge in [-0.15, -0.1) is 0 Å². The molecular weight excluding hydrogens is 240 g/mol. The standard InChI is InChI=1S/C15H28N2O2/c1-3-16-15(19)11(2)17-10-5-4-8-13(17)12-7-6-9-14(12)18/h11-14,18H,3-10H2,1-2H3,(H,16,19). The third kappa shape index (κ3) is 3.29. The van der Waals surface area contributed by atoms with Crippen LogP contribution in [0.25, 0.3) is 0 Å². The minimum absolute atomic E-state index is 0.0713. The highest BCUT2D eigenvalue weighted by molar-refractivity contribution is 5.81. The molecule has 0 bridgehead atoms. The lowest BCUT2D eigenvalue weighted by atomic mass is 9.86. The van der Waals surface area contributed by atoms with E-state index in [9.17, 15) is 9.90 Å². The number of likely N-dealkylation sites (tertiary alicyclic amines) is 1. The van der Waals surface area contributed by atoms with Crippen molar-refractivity contribution in [2.75, 3.05) is 13.1 Å². The van der Waals surface area contributed by atoms with Crippen LogP contribution in [-0.4, -0.2) is 47.2 Å². The van der Waals surface area contributed by atoms with Crippen LogP contribution >= 0.6 is 0 Å². The van der Waals surface area contributed by atoms with Crippen molar-refractivity contribution >= 4 is 5.91 Å². The number of carbonyl (C=O) groups excluding carboxylic acids is 1. The lowest BCUT2D eigenvalue weighted by molar-refractivity contribution is -0.128. The molecule has 2 rings (SSSR count). The number of nitrogens with one attached hydrogen (secondary N) is 1. The van der Waals surface area contributed by atoms with Crippen molar-refractivity contribution < 1.29 is 9.90 Å². The number of nitrogens with zero attached hydrogens (tertiary/aromatic N) is 1. The van der Waals surface area contributed by atoms with Crippen molar-refractivity contribution in [1.82, 2.24) is 10.2 Å². The zero-order chi connectivity index (χ0) is 13.8. The molecule has 1 saturated heterocycles. The summed E-state index contributed by atoms with van der Waals surface area (Å²) in [6.45, 7) is 5.64. The summed E-state index contributed by atoms with van der Waals surface area (Å²) in [4.78, 5) is 14.4. The van der Waals surface area contributed by atoms with E-state index in [-0.39, 0.29) is 18.1 Å². The smallest absolute Gasteiger partial charge is 0.237 e. The highest BCUT2D eigenvalue weighted by Crippen LogP contribution is 2.35. The van der Waals surface area contributed by atoms with Gasteiger partial charge in [-0.05, 0) is 46.1 Å². The first-order valence-electron chi connectivity index (χ1n) is 7.86. The fourth-order valence-electron chi connectivity index (χ4n) is 3.81. The Morgan fingerprint density at radius 1 is 1.32 bits per heavy atom. The topological polar surface area (TPSA) is 52.6 Å². The zero-order valence-corrected chi connectivity index (χ0v) is 12.3. The Labute approximate surface area is 116 Å². The number of hydrogen-bond acceptors (Lipinski definition) is 3. The van der Waals surface area contributed by atoms with Crippen molar-refractivity contribution in [1.29, 1.82) is 0 Å². The van der Waals surface area contributed by atoms with E-state index in [1.54, 1.807) is 0 Å². The van der Waals surface area contributed by atoms with Crippen LogP contribution in [-0.2, 0) is 4.79 Å². The van der Waals surface area contributed by atoms with Gasteiger partial charge in [0.05, 0.1) is 12.1 Å². The van der Waals surface area contributed by atoms with Gasteiger partial charge in [-0.3, -0.25) is 9.69 Å². The number of likely N-dealkylation sites (N-methyl/N-ethyl adjacent to an activating group) is 1. The van der Waals surface area contributed by atoms with Crippen molar-refractivity contribution in [2.24, 2.45) is 5.92 Å². The molecule has 0 aromatic carbocycles. The minimum atomic E-state index is -0.160. The number of piperidine rings is 1. The Morgan fingerprint density at radius 3 is 2.74 bits per heavy atom. The predicted octanol–water partition coefficient (Wildman–Crippen LogP) is 1.53. The SMILES string of the molecule is CCNC(=O)C(C)N1CCCCC1C1CCCC1O. The van der Waals surface area contributed by atoms with Crippen LogP contribution in [0.1, 0.15) is 52.4 Å². The van der Waals surface area contributed by atoms with Crippen LogP contribution in [0.4, 0.5) is 0 Å². The van der Waals surface area contributed by atoms with E-state index in [4.69, 9.17) is 0 Å². The molecule has 1 amide bonds. The van der Waals surface area contributed by atoms with Gasteiger partial charge in [0, 0.05) is 18.5 Å². The number of hydrogen-bond donors (Lipinski definition) is 2. The average Bonchev–Trinajstić information content (AvgIpc) is 2.84. The van der Waals surface area contributed by atoms with E-state index < -0.39 is 0 Å². The van der Waals surface area contributed by atoms with Crippen LogP contribution in [0, 0.1) is 5.92 Å².